The van der Waals surface area contributed by atoms with E-state index in [4.69, 9.17) is 11.6 Å². The number of rotatable bonds is 7. The van der Waals surface area contributed by atoms with E-state index in [0.717, 1.165) is 44.0 Å². The van der Waals surface area contributed by atoms with Crippen LogP contribution in [0.2, 0.25) is 5.02 Å². The van der Waals surface area contributed by atoms with Crippen molar-refractivity contribution in [2.75, 3.05) is 13.1 Å². The number of nitrogens with one attached hydrogen (secondary N) is 1. The van der Waals surface area contributed by atoms with E-state index in [2.05, 4.69) is 83.0 Å². The summed E-state index contributed by atoms with van der Waals surface area (Å²) in [6.45, 7) is 3.98. The fourth-order valence-corrected chi connectivity index (χ4v) is 4.30. The van der Waals surface area contributed by atoms with Crippen LogP contribution in [-0.2, 0) is 25.9 Å². The van der Waals surface area contributed by atoms with Crippen LogP contribution in [0.1, 0.15) is 22.3 Å². The second-order valence-corrected chi connectivity index (χ2v) is 8.03. The number of halogens is 1. The molecular formula is C25H27ClN2. The van der Waals surface area contributed by atoms with Crippen LogP contribution in [0.3, 0.4) is 0 Å². The molecule has 1 aliphatic heterocycles. The number of nitrogens with zero attached hydrogens (tertiary/aromatic N) is 1. The van der Waals surface area contributed by atoms with Crippen LogP contribution >= 0.6 is 11.6 Å². The van der Waals surface area contributed by atoms with Gasteiger partial charge in [0.05, 0.1) is 0 Å². The van der Waals surface area contributed by atoms with Crippen LogP contribution in [0.4, 0.5) is 0 Å². The lowest BCUT2D eigenvalue weighted by molar-refractivity contribution is 0.170. The van der Waals surface area contributed by atoms with E-state index in [0.29, 0.717) is 6.04 Å². The molecule has 1 N–H and O–H groups in total. The first-order valence-electron chi connectivity index (χ1n) is 10.1. The van der Waals surface area contributed by atoms with E-state index in [1.54, 1.807) is 0 Å². The SMILES string of the molecule is Clc1cccc(CC2Cc3ccccc3CN2CCNCc2ccccc2)c1. The molecule has 0 radical (unpaired) electrons. The minimum absolute atomic E-state index is 0.506. The Balaban J connectivity index is 1.41. The molecule has 1 heterocycles. The molecule has 28 heavy (non-hydrogen) atoms. The number of hydrogen-bond donors (Lipinski definition) is 1. The van der Waals surface area contributed by atoms with Crippen molar-refractivity contribution < 1.29 is 0 Å². The molecule has 0 amide bonds. The maximum atomic E-state index is 6.22. The molecule has 4 rings (SSSR count). The van der Waals surface area contributed by atoms with Gasteiger partial charge in [-0.15, -0.1) is 0 Å². The van der Waals surface area contributed by atoms with Crippen molar-refractivity contribution in [1.29, 1.82) is 0 Å². The lowest BCUT2D eigenvalue weighted by Crippen LogP contribution is -2.44. The topological polar surface area (TPSA) is 15.3 Å². The molecule has 3 aromatic rings. The van der Waals surface area contributed by atoms with E-state index in [9.17, 15) is 0 Å². The molecule has 1 atom stereocenters. The fraction of sp³-hybridized carbons (Fsp3) is 0.280. The molecule has 2 nitrogen and oxygen atoms in total. The average molecular weight is 391 g/mol. The van der Waals surface area contributed by atoms with E-state index in [1.807, 2.05) is 6.07 Å². The summed E-state index contributed by atoms with van der Waals surface area (Å²) < 4.78 is 0. The lowest BCUT2D eigenvalue weighted by atomic mass is 9.90. The van der Waals surface area contributed by atoms with Crippen LogP contribution in [0, 0.1) is 0 Å². The minimum Gasteiger partial charge on any atom is -0.311 e. The number of hydrogen-bond acceptors (Lipinski definition) is 2. The summed E-state index contributed by atoms with van der Waals surface area (Å²) in [7, 11) is 0. The van der Waals surface area contributed by atoms with Crippen molar-refractivity contribution >= 4 is 11.6 Å². The molecule has 0 fully saturated rings. The first kappa shape index (κ1) is 19.2. The van der Waals surface area contributed by atoms with E-state index < -0.39 is 0 Å². The van der Waals surface area contributed by atoms with Crippen molar-refractivity contribution in [1.82, 2.24) is 10.2 Å². The summed E-state index contributed by atoms with van der Waals surface area (Å²) in [5.74, 6) is 0. The van der Waals surface area contributed by atoms with Crippen molar-refractivity contribution in [2.45, 2.75) is 32.0 Å². The highest BCUT2D eigenvalue weighted by atomic mass is 35.5. The Bertz CT molecular complexity index is 894. The number of benzene rings is 3. The van der Waals surface area contributed by atoms with Crippen LogP contribution in [0.25, 0.3) is 0 Å². The van der Waals surface area contributed by atoms with Crippen LogP contribution in [0.15, 0.2) is 78.9 Å². The lowest BCUT2D eigenvalue weighted by Gasteiger charge is -2.37. The van der Waals surface area contributed by atoms with Crippen LogP contribution < -0.4 is 5.32 Å². The zero-order chi connectivity index (χ0) is 19.2. The van der Waals surface area contributed by atoms with Crippen molar-refractivity contribution in [3.63, 3.8) is 0 Å². The first-order valence-corrected chi connectivity index (χ1v) is 10.5. The fourth-order valence-electron chi connectivity index (χ4n) is 4.09. The highest BCUT2D eigenvalue weighted by Crippen LogP contribution is 2.25. The summed E-state index contributed by atoms with van der Waals surface area (Å²) >= 11 is 6.22. The Morgan fingerprint density at radius 2 is 1.61 bits per heavy atom. The van der Waals surface area contributed by atoms with Gasteiger partial charge >= 0.3 is 0 Å². The van der Waals surface area contributed by atoms with Crippen LogP contribution in [0.5, 0.6) is 0 Å². The van der Waals surface area contributed by atoms with E-state index >= 15 is 0 Å². The summed E-state index contributed by atoms with van der Waals surface area (Å²) in [6, 6.07) is 28.3. The van der Waals surface area contributed by atoms with Crippen molar-refractivity contribution in [3.8, 4) is 0 Å². The predicted octanol–water partition coefficient (Wildman–Crippen LogP) is 5.10. The van der Waals surface area contributed by atoms with Gasteiger partial charge in [0.25, 0.3) is 0 Å². The zero-order valence-corrected chi connectivity index (χ0v) is 16.9. The zero-order valence-electron chi connectivity index (χ0n) is 16.2. The van der Waals surface area contributed by atoms with Gasteiger partial charge in [0.15, 0.2) is 0 Å². The van der Waals surface area contributed by atoms with Crippen molar-refractivity contribution in [3.05, 3.63) is 106 Å². The molecule has 0 saturated carbocycles. The molecule has 3 aromatic carbocycles. The third kappa shape index (κ3) is 5.02. The molecule has 0 bridgehead atoms. The van der Waals surface area contributed by atoms with E-state index in [-0.39, 0.29) is 0 Å². The van der Waals surface area contributed by atoms with Gasteiger partial charge in [-0.3, -0.25) is 4.90 Å². The summed E-state index contributed by atoms with van der Waals surface area (Å²) in [6.07, 6.45) is 2.13. The van der Waals surface area contributed by atoms with Gasteiger partial charge in [-0.25, -0.2) is 0 Å². The predicted molar refractivity (Wildman–Crippen MR) is 118 cm³/mol. The summed E-state index contributed by atoms with van der Waals surface area (Å²) in [4.78, 5) is 2.63. The second kappa shape index (κ2) is 9.38. The Labute approximate surface area is 173 Å². The smallest absolute Gasteiger partial charge is 0.0408 e. The Kier molecular flexibility index (Phi) is 6.43. The number of fused-ring (bicyclic) bond motifs is 1. The van der Waals surface area contributed by atoms with Gasteiger partial charge in [-0.2, -0.15) is 0 Å². The maximum Gasteiger partial charge on any atom is 0.0408 e. The molecule has 144 valence electrons. The third-order valence-electron chi connectivity index (χ3n) is 5.57. The summed E-state index contributed by atoms with van der Waals surface area (Å²) in [5.41, 5.74) is 5.61. The van der Waals surface area contributed by atoms with Gasteiger partial charge < -0.3 is 5.32 Å². The molecule has 0 spiro atoms. The quantitative estimate of drug-likeness (QED) is 0.564. The first-order chi connectivity index (χ1) is 13.8. The van der Waals surface area contributed by atoms with Gasteiger partial charge in [0.1, 0.15) is 0 Å². The minimum atomic E-state index is 0.506. The van der Waals surface area contributed by atoms with Crippen molar-refractivity contribution in [2.24, 2.45) is 0 Å². The monoisotopic (exact) mass is 390 g/mol. The molecule has 0 aliphatic carbocycles. The van der Waals surface area contributed by atoms with Gasteiger partial charge in [-0.1, -0.05) is 78.3 Å². The maximum absolute atomic E-state index is 6.22. The Hall–Kier alpha value is -2.13. The molecule has 1 aliphatic rings. The van der Waals surface area contributed by atoms with Gasteiger partial charge in [0, 0.05) is 37.2 Å². The van der Waals surface area contributed by atoms with E-state index in [1.165, 1.54) is 22.3 Å². The third-order valence-corrected chi connectivity index (χ3v) is 5.81. The van der Waals surface area contributed by atoms with Crippen LogP contribution in [-0.4, -0.2) is 24.0 Å². The van der Waals surface area contributed by atoms with Gasteiger partial charge in [-0.05, 0) is 47.2 Å². The Morgan fingerprint density at radius 1 is 0.857 bits per heavy atom. The summed E-state index contributed by atoms with van der Waals surface area (Å²) in [5, 5.41) is 4.43. The highest BCUT2D eigenvalue weighted by Gasteiger charge is 2.25. The highest BCUT2D eigenvalue weighted by molar-refractivity contribution is 6.30. The van der Waals surface area contributed by atoms with Gasteiger partial charge in [0.2, 0.25) is 0 Å². The standard InChI is InChI=1S/C25H27ClN2/c26-24-12-6-9-21(15-24)16-25-17-22-10-4-5-11-23(22)19-28(25)14-13-27-18-20-7-2-1-3-8-20/h1-12,15,25,27H,13-14,16-19H2. The Morgan fingerprint density at radius 3 is 2.43 bits per heavy atom. The molecule has 0 aromatic heterocycles. The molecule has 3 heteroatoms. The molecular weight excluding hydrogens is 364 g/mol. The second-order valence-electron chi connectivity index (χ2n) is 7.59. The normalized spacial score (nSPS) is 16.7. The average Bonchev–Trinajstić information content (AvgIpc) is 2.72. The largest absolute Gasteiger partial charge is 0.311 e. The molecule has 1 unspecified atom stereocenters. The molecule has 0 saturated heterocycles.